The van der Waals surface area contributed by atoms with Crippen LogP contribution in [0.25, 0.3) is 11.0 Å². The first-order chi connectivity index (χ1) is 8.74. The molecule has 0 unspecified atom stereocenters. The Kier molecular flexibility index (Phi) is 2.51. The summed E-state index contributed by atoms with van der Waals surface area (Å²) in [5, 5.41) is 0. The summed E-state index contributed by atoms with van der Waals surface area (Å²) in [6.45, 7) is 0.546. The SMILES string of the molecule is Fc1cc2ncn(Cc3ccncc3)c2cc1F. The van der Waals surface area contributed by atoms with Crippen molar-refractivity contribution in [3.8, 4) is 0 Å². The molecule has 0 aliphatic heterocycles. The molecule has 0 radical (unpaired) electrons. The van der Waals surface area contributed by atoms with Crippen molar-refractivity contribution in [2.75, 3.05) is 0 Å². The fraction of sp³-hybridized carbons (Fsp3) is 0.0769. The summed E-state index contributed by atoms with van der Waals surface area (Å²) in [5.41, 5.74) is 2.04. The molecule has 3 aromatic rings. The molecule has 0 atom stereocenters. The van der Waals surface area contributed by atoms with Gasteiger partial charge in [0.15, 0.2) is 11.6 Å². The highest BCUT2D eigenvalue weighted by Crippen LogP contribution is 2.18. The van der Waals surface area contributed by atoms with Crippen LogP contribution in [0.15, 0.2) is 43.0 Å². The van der Waals surface area contributed by atoms with E-state index in [1.807, 2.05) is 12.1 Å². The minimum Gasteiger partial charge on any atom is -0.326 e. The molecule has 90 valence electrons. The molecule has 0 aliphatic rings. The maximum atomic E-state index is 13.2. The quantitative estimate of drug-likeness (QED) is 0.695. The number of nitrogens with zero attached hydrogens (tertiary/aromatic N) is 3. The van der Waals surface area contributed by atoms with Crippen LogP contribution in [0.5, 0.6) is 0 Å². The molecule has 0 bridgehead atoms. The number of imidazole rings is 1. The Bertz CT molecular complexity index is 692. The zero-order valence-electron chi connectivity index (χ0n) is 9.35. The van der Waals surface area contributed by atoms with E-state index in [0.29, 0.717) is 17.6 Å². The molecule has 0 amide bonds. The lowest BCUT2D eigenvalue weighted by molar-refractivity contribution is 0.510. The molecular formula is C13H9F2N3. The second-order valence-electron chi connectivity index (χ2n) is 3.98. The van der Waals surface area contributed by atoms with E-state index in [-0.39, 0.29) is 0 Å². The summed E-state index contributed by atoms with van der Waals surface area (Å²) in [4.78, 5) is 7.99. The van der Waals surface area contributed by atoms with E-state index in [1.54, 1.807) is 23.3 Å². The number of hydrogen-bond donors (Lipinski definition) is 0. The van der Waals surface area contributed by atoms with Crippen LogP contribution >= 0.6 is 0 Å². The molecule has 0 saturated carbocycles. The van der Waals surface area contributed by atoms with Gasteiger partial charge in [0.1, 0.15) is 0 Å². The lowest BCUT2D eigenvalue weighted by Crippen LogP contribution is -1.98. The Hall–Kier alpha value is -2.30. The van der Waals surface area contributed by atoms with E-state index in [4.69, 9.17) is 0 Å². The smallest absolute Gasteiger partial charge is 0.161 e. The lowest BCUT2D eigenvalue weighted by atomic mass is 10.2. The van der Waals surface area contributed by atoms with Crippen molar-refractivity contribution in [2.24, 2.45) is 0 Å². The number of aromatic nitrogens is 3. The predicted molar refractivity (Wildman–Crippen MR) is 63.0 cm³/mol. The van der Waals surface area contributed by atoms with Gasteiger partial charge in [-0.05, 0) is 17.7 Å². The third-order valence-electron chi connectivity index (χ3n) is 2.77. The van der Waals surface area contributed by atoms with Gasteiger partial charge in [-0.3, -0.25) is 4.98 Å². The van der Waals surface area contributed by atoms with Crippen molar-refractivity contribution in [1.29, 1.82) is 0 Å². The number of halogens is 2. The predicted octanol–water partition coefficient (Wildman–Crippen LogP) is 2.76. The maximum absolute atomic E-state index is 13.2. The molecule has 3 nitrogen and oxygen atoms in total. The van der Waals surface area contributed by atoms with E-state index in [1.165, 1.54) is 6.07 Å². The summed E-state index contributed by atoms with van der Waals surface area (Å²) in [7, 11) is 0. The first-order valence-corrected chi connectivity index (χ1v) is 5.43. The second kappa shape index (κ2) is 4.18. The van der Waals surface area contributed by atoms with Gasteiger partial charge in [0, 0.05) is 31.1 Å². The average molecular weight is 245 g/mol. The Balaban J connectivity index is 2.05. The Morgan fingerprint density at radius 1 is 1.06 bits per heavy atom. The third-order valence-corrected chi connectivity index (χ3v) is 2.77. The van der Waals surface area contributed by atoms with Gasteiger partial charge in [-0.2, -0.15) is 0 Å². The topological polar surface area (TPSA) is 30.7 Å². The maximum Gasteiger partial charge on any atom is 0.161 e. The second-order valence-corrected chi connectivity index (χ2v) is 3.98. The van der Waals surface area contributed by atoms with Gasteiger partial charge in [-0.15, -0.1) is 0 Å². The van der Waals surface area contributed by atoms with E-state index in [9.17, 15) is 8.78 Å². The molecule has 1 aromatic carbocycles. The van der Waals surface area contributed by atoms with Crippen molar-refractivity contribution >= 4 is 11.0 Å². The molecule has 0 spiro atoms. The van der Waals surface area contributed by atoms with Gasteiger partial charge in [-0.1, -0.05) is 0 Å². The number of rotatable bonds is 2. The summed E-state index contributed by atoms with van der Waals surface area (Å²) < 4.78 is 28.0. The normalized spacial score (nSPS) is 11.0. The van der Waals surface area contributed by atoms with Crippen LogP contribution in [0.1, 0.15) is 5.56 Å². The fourth-order valence-electron chi connectivity index (χ4n) is 1.86. The van der Waals surface area contributed by atoms with Gasteiger partial charge in [-0.25, -0.2) is 13.8 Å². The largest absolute Gasteiger partial charge is 0.326 e. The van der Waals surface area contributed by atoms with E-state index < -0.39 is 11.6 Å². The highest BCUT2D eigenvalue weighted by Gasteiger charge is 2.09. The summed E-state index contributed by atoms with van der Waals surface area (Å²) >= 11 is 0. The van der Waals surface area contributed by atoms with Gasteiger partial charge >= 0.3 is 0 Å². The van der Waals surface area contributed by atoms with Crippen LogP contribution < -0.4 is 0 Å². The number of pyridine rings is 1. The van der Waals surface area contributed by atoms with Gasteiger partial charge in [0.2, 0.25) is 0 Å². The van der Waals surface area contributed by atoms with Crippen LogP contribution in [0.2, 0.25) is 0 Å². The van der Waals surface area contributed by atoms with E-state index in [2.05, 4.69) is 9.97 Å². The molecule has 0 fully saturated rings. The molecule has 0 N–H and O–H groups in total. The van der Waals surface area contributed by atoms with Crippen molar-refractivity contribution in [3.05, 3.63) is 60.2 Å². The zero-order valence-corrected chi connectivity index (χ0v) is 9.35. The minimum atomic E-state index is -0.878. The van der Waals surface area contributed by atoms with E-state index in [0.717, 1.165) is 11.6 Å². The average Bonchev–Trinajstić information content (AvgIpc) is 2.74. The van der Waals surface area contributed by atoms with Crippen LogP contribution in [-0.4, -0.2) is 14.5 Å². The fourth-order valence-corrected chi connectivity index (χ4v) is 1.86. The molecule has 2 heterocycles. The minimum absolute atomic E-state index is 0.447. The number of hydrogen-bond acceptors (Lipinski definition) is 2. The standard InChI is InChI=1S/C13H9F2N3/c14-10-5-12-13(6-11(10)15)18(8-17-12)7-9-1-3-16-4-2-9/h1-6,8H,7H2. The molecule has 18 heavy (non-hydrogen) atoms. The first-order valence-electron chi connectivity index (χ1n) is 5.43. The molecule has 2 aromatic heterocycles. The molecule has 3 rings (SSSR count). The summed E-state index contributed by atoms with van der Waals surface area (Å²) in [6.07, 6.45) is 4.95. The highest BCUT2D eigenvalue weighted by molar-refractivity contribution is 5.75. The first kappa shape index (κ1) is 10.8. The van der Waals surface area contributed by atoms with Crippen LogP contribution in [-0.2, 0) is 6.54 Å². The Labute approximate surface area is 102 Å². The Morgan fingerprint density at radius 3 is 2.56 bits per heavy atom. The van der Waals surface area contributed by atoms with Crippen LogP contribution in [0.4, 0.5) is 8.78 Å². The van der Waals surface area contributed by atoms with Gasteiger partial charge in [0.05, 0.1) is 17.4 Å². The lowest BCUT2D eigenvalue weighted by Gasteiger charge is -2.04. The molecule has 0 saturated heterocycles. The molecule has 5 heteroatoms. The Morgan fingerprint density at radius 2 is 1.78 bits per heavy atom. The number of benzene rings is 1. The number of fused-ring (bicyclic) bond motifs is 1. The van der Waals surface area contributed by atoms with Crippen molar-refractivity contribution in [3.63, 3.8) is 0 Å². The van der Waals surface area contributed by atoms with Crippen molar-refractivity contribution in [1.82, 2.24) is 14.5 Å². The van der Waals surface area contributed by atoms with Crippen LogP contribution in [0, 0.1) is 11.6 Å². The summed E-state index contributed by atoms with van der Waals surface area (Å²) in [5.74, 6) is -1.74. The van der Waals surface area contributed by atoms with Crippen LogP contribution in [0.3, 0.4) is 0 Å². The van der Waals surface area contributed by atoms with Crippen molar-refractivity contribution < 1.29 is 8.78 Å². The zero-order chi connectivity index (χ0) is 12.5. The van der Waals surface area contributed by atoms with Gasteiger partial charge < -0.3 is 4.57 Å². The van der Waals surface area contributed by atoms with Crippen molar-refractivity contribution in [2.45, 2.75) is 6.54 Å². The summed E-state index contributed by atoms with van der Waals surface area (Å²) in [6, 6.07) is 6.00. The monoisotopic (exact) mass is 245 g/mol. The third kappa shape index (κ3) is 1.84. The molecule has 0 aliphatic carbocycles. The molecular weight excluding hydrogens is 236 g/mol. The van der Waals surface area contributed by atoms with Gasteiger partial charge in [0.25, 0.3) is 0 Å². The van der Waals surface area contributed by atoms with E-state index >= 15 is 0 Å². The highest BCUT2D eigenvalue weighted by atomic mass is 19.2.